The molecule has 0 atom stereocenters. The highest BCUT2D eigenvalue weighted by molar-refractivity contribution is 5.82. The second-order valence-electron chi connectivity index (χ2n) is 5.90. The van der Waals surface area contributed by atoms with E-state index < -0.39 is 0 Å². The van der Waals surface area contributed by atoms with Gasteiger partial charge in [-0.1, -0.05) is 48.6 Å². The lowest BCUT2D eigenvalue weighted by Crippen LogP contribution is -1.94. The highest BCUT2D eigenvalue weighted by atomic mass is 14.8. The van der Waals surface area contributed by atoms with Gasteiger partial charge in [-0.05, 0) is 61.6 Å². The second kappa shape index (κ2) is 6.65. The second-order valence-corrected chi connectivity index (χ2v) is 5.90. The van der Waals surface area contributed by atoms with Crippen molar-refractivity contribution < 1.29 is 0 Å². The Labute approximate surface area is 134 Å². The van der Waals surface area contributed by atoms with Crippen LogP contribution >= 0.6 is 0 Å². The Balaban J connectivity index is 2.38. The van der Waals surface area contributed by atoms with Crippen LogP contribution in [0.2, 0.25) is 0 Å². The number of benzene rings is 2. The summed E-state index contributed by atoms with van der Waals surface area (Å²) < 4.78 is 0. The van der Waals surface area contributed by atoms with E-state index in [2.05, 4.69) is 82.1 Å². The van der Waals surface area contributed by atoms with E-state index in [1.54, 1.807) is 0 Å². The molecule has 22 heavy (non-hydrogen) atoms. The van der Waals surface area contributed by atoms with Gasteiger partial charge in [0.15, 0.2) is 0 Å². The summed E-state index contributed by atoms with van der Waals surface area (Å²) in [6.45, 7) is 12.8. The molecule has 0 aromatic heterocycles. The molecule has 0 fully saturated rings. The van der Waals surface area contributed by atoms with Gasteiger partial charge in [0.05, 0.1) is 0 Å². The molecular weight excluding hydrogens is 266 g/mol. The zero-order chi connectivity index (χ0) is 16.3. The van der Waals surface area contributed by atoms with E-state index in [9.17, 15) is 0 Å². The average molecular weight is 291 g/mol. The van der Waals surface area contributed by atoms with Crippen LogP contribution in [0.4, 0.5) is 5.69 Å². The van der Waals surface area contributed by atoms with Crippen molar-refractivity contribution >= 4 is 17.3 Å². The molecule has 0 bridgehead atoms. The van der Waals surface area contributed by atoms with Crippen molar-refractivity contribution in [2.45, 2.75) is 27.7 Å². The fourth-order valence-electron chi connectivity index (χ4n) is 2.77. The number of aryl methyl sites for hydroxylation is 3. The Morgan fingerprint density at radius 3 is 2.45 bits per heavy atom. The van der Waals surface area contributed by atoms with Gasteiger partial charge in [0.2, 0.25) is 0 Å². The third-order valence-electron chi connectivity index (χ3n) is 4.20. The molecule has 0 radical (unpaired) electrons. The first-order valence-electron chi connectivity index (χ1n) is 7.66. The number of anilines is 1. The summed E-state index contributed by atoms with van der Waals surface area (Å²) in [5.74, 6) is 0. The predicted molar refractivity (Wildman–Crippen MR) is 99.4 cm³/mol. The summed E-state index contributed by atoms with van der Waals surface area (Å²) in [6, 6.07) is 10.7. The Kier molecular flexibility index (Phi) is 4.87. The van der Waals surface area contributed by atoms with Crippen LogP contribution in [0.25, 0.3) is 11.6 Å². The minimum atomic E-state index is 1.05. The molecule has 2 aromatic carbocycles. The minimum Gasteiger partial charge on any atom is -0.388 e. The molecule has 0 amide bonds. The maximum absolute atomic E-state index is 4.26. The number of nitrogens with one attached hydrogen (secondary N) is 1. The zero-order valence-electron chi connectivity index (χ0n) is 14.2. The van der Waals surface area contributed by atoms with Crippen LogP contribution in [-0.2, 0) is 0 Å². The maximum Gasteiger partial charge on any atom is 0.0413 e. The van der Waals surface area contributed by atoms with Crippen LogP contribution in [0, 0.1) is 27.7 Å². The Morgan fingerprint density at radius 2 is 1.77 bits per heavy atom. The zero-order valence-corrected chi connectivity index (χ0v) is 14.2. The van der Waals surface area contributed by atoms with E-state index in [1.807, 2.05) is 7.05 Å². The minimum absolute atomic E-state index is 1.05. The molecule has 1 nitrogen and oxygen atoms in total. The first-order valence-corrected chi connectivity index (χ1v) is 7.66. The smallest absolute Gasteiger partial charge is 0.0413 e. The molecular formula is C21H25N. The van der Waals surface area contributed by atoms with Gasteiger partial charge in [-0.15, -0.1) is 0 Å². The molecule has 2 rings (SSSR count). The van der Waals surface area contributed by atoms with Gasteiger partial charge < -0.3 is 5.32 Å². The quantitative estimate of drug-likeness (QED) is 0.714. The maximum atomic E-state index is 4.26. The predicted octanol–water partition coefficient (Wildman–Crippen LogP) is 5.69. The lowest BCUT2D eigenvalue weighted by Gasteiger charge is -2.12. The summed E-state index contributed by atoms with van der Waals surface area (Å²) >= 11 is 0. The van der Waals surface area contributed by atoms with Crippen LogP contribution in [0.15, 0.2) is 43.0 Å². The van der Waals surface area contributed by atoms with Crippen molar-refractivity contribution in [3.8, 4) is 0 Å². The highest BCUT2D eigenvalue weighted by Gasteiger charge is 2.05. The highest BCUT2D eigenvalue weighted by Crippen LogP contribution is 2.26. The molecule has 0 aliphatic heterocycles. The lowest BCUT2D eigenvalue weighted by molar-refractivity contribution is 1.28. The summed E-state index contributed by atoms with van der Waals surface area (Å²) in [5, 5.41) is 3.25. The third kappa shape index (κ3) is 3.30. The molecule has 1 heteroatoms. The van der Waals surface area contributed by atoms with Gasteiger partial charge in [0.25, 0.3) is 0 Å². The summed E-state index contributed by atoms with van der Waals surface area (Å²) in [6.07, 6.45) is 4.27. The lowest BCUT2D eigenvalue weighted by atomic mass is 9.94. The number of hydrogen-bond donors (Lipinski definition) is 1. The van der Waals surface area contributed by atoms with Gasteiger partial charge in [-0.2, -0.15) is 0 Å². The van der Waals surface area contributed by atoms with Crippen molar-refractivity contribution in [3.05, 3.63) is 76.4 Å². The Hall–Kier alpha value is -2.28. The van der Waals surface area contributed by atoms with E-state index >= 15 is 0 Å². The van der Waals surface area contributed by atoms with Crippen LogP contribution in [0.5, 0.6) is 0 Å². The van der Waals surface area contributed by atoms with E-state index in [4.69, 9.17) is 0 Å². The Bertz CT molecular complexity index is 736. The molecule has 0 saturated heterocycles. The van der Waals surface area contributed by atoms with E-state index in [0.29, 0.717) is 0 Å². The van der Waals surface area contributed by atoms with Crippen LogP contribution in [-0.4, -0.2) is 7.05 Å². The summed E-state index contributed by atoms with van der Waals surface area (Å²) in [7, 11) is 1.95. The molecule has 0 heterocycles. The molecule has 114 valence electrons. The van der Waals surface area contributed by atoms with Gasteiger partial charge in [0.1, 0.15) is 0 Å². The topological polar surface area (TPSA) is 12.0 Å². The average Bonchev–Trinajstić information content (AvgIpc) is 2.49. The van der Waals surface area contributed by atoms with Crippen molar-refractivity contribution in [2.24, 2.45) is 0 Å². The number of rotatable bonds is 4. The van der Waals surface area contributed by atoms with Crippen molar-refractivity contribution in [3.63, 3.8) is 0 Å². The fraction of sp³-hybridized carbons (Fsp3) is 0.238. The SMILES string of the molecule is C=C(/C=C\c1c(C)cccc1NC)c1cc(C)cc(C)c1C. The Morgan fingerprint density at radius 1 is 1.05 bits per heavy atom. The fourth-order valence-corrected chi connectivity index (χ4v) is 2.77. The van der Waals surface area contributed by atoms with Crippen molar-refractivity contribution in [1.29, 1.82) is 0 Å². The van der Waals surface area contributed by atoms with E-state index in [-0.39, 0.29) is 0 Å². The van der Waals surface area contributed by atoms with Crippen LogP contribution < -0.4 is 5.32 Å². The van der Waals surface area contributed by atoms with Crippen molar-refractivity contribution in [2.75, 3.05) is 12.4 Å². The van der Waals surface area contributed by atoms with E-state index in [1.165, 1.54) is 33.4 Å². The summed E-state index contributed by atoms with van der Waals surface area (Å²) in [5.41, 5.74) is 9.79. The number of allylic oxidation sites excluding steroid dienone is 2. The standard InChI is InChI=1S/C21H25N/c1-14-12-17(4)18(5)20(13-14)16(3)10-11-19-15(2)8-7-9-21(19)22-6/h7-13,22H,3H2,1-2,4-6H3/b11-10-. The molecule has 0 saturated carbocycles. The van der Waals surface area contributed by atoms with Gasteiger partial charge in [-0.3, -0.25) is 0 Å². The molecule has 1 N–H and O–H groups in total. The van der Waals surface area contributed by atoms with Gasteiger partial charge in [-0.25, -0.2) is 0 Å². The molecule has 0 aliphatic rings. The normalized spacial score (nSPS) is 11.0. The van der Waals surface area contributed by atoms with Gasteiger partial charge in [0, 0.05) is 18.3 Å². The molecule has 0 unspecified atom stereocenters. The van der Waals surface area contributed by atoms with Crippen LogP contribution in [0.1, 0.15) is 33.4 Å². The summed E-state index contributed by atoms with van der Waals surface area (Å²) in [4.78, 5) is 0. The molecule has 0 aliphatic carbocycles. The largest absolute Gasteiger partial charge is 0.388 e. The molecule has 2 aromatic rings. The first-order chi connectivity index (χ1) is 10.4. The number of hydrogen-bond acceptors (Lipinski definition) is 1. The van der Waals surface area contributed by atoms with Crippen molar-refractivity contribution in [1.82, 2.24) is 0 Å². The van der Waals surface area contributed by atoms with Gasteiger partial charge >= 0.3 is 0 Å². The van der Waals surface area contributed by atoms with E-state index in [0.717, 1.165) is 11.3 Å². The third-order valence-corrected chi connectivity index (χ3v) is 4.20. The molecule has 0 spiro atoms. The monoisotopic (exact) mass is 291 g/mol. The van der Waals surface area contributed by atoms with Crippen LogP contribution in [0.3, 0.4) is 0 Å². The first kappa shape index (κ1) is 16.1.